The second-order valence-electron chi connectivity index (χ2n) is 9.32. The van der Waals surface area contributed by atoms with E-state index in [2.05, 4.69) is 20.6 Å². The zero-order chi connectivity index (χ0) is 28.5. The maximum Gasteiger partial charge on any atom is 0.416 e. The van der Waals surface area contributed by atoms with E-state index in [1.807, 2.05) is 0 Å². The van der Waals surface area contributed by atoms with Crippen LogP contribution in [-0.4, -0.2) is 58.7 Å². The van der Waals surface area contributed by atoms with Gasteiger partial charge >= 0.3 is 12.2 Å². The number of hydrogen-bond acceptors (Lipinski definition) is 7. The summed E-state index contributed by atoms with van der Waals surface area (Å²) in [5, 5.41) is 6.29. The van der Waals surface area contributed by atoms with E-state index < -0.39 is 27.8 Å². The molecule has 1 atom stereocenters. The fraction of sp³-hybridized carbons (Fsp3) is 0.269. The predicted molar refractivity (Wildman–Crippen MR) is 142 cm³/mol. The van der Waals surface area contributed by atoms with Crippen molar-refractivity contribution < 1.29 is 31.1 Å². The topological polar surface area (TPSA) is 118 Å². The van der Waals surface area contributed by atoms with Gasteiger partial charge in [0.05, 0.1) is 29.6 Å². The highest BCUT2D eigenvalue weighted by atomic mass is 32.2. The van der Waals surface area contributed by atoms with Gasteiger partial charge < -0.3 is 15.4 Å². The predicted octanol–water partition coefficient (Wildman–Crippen LogP) is 4.45. The maximum absolute atomic E-state index is 13.0. The van der Waals surface area contributed by atoms with Crippen LogP contribution in [0.4, 0.5) is 23.7 Å². The number of ether oxygens (including phenoxy) is 1. The zero-order valence-corrected chi connectivity index (χ0v) is 22.0. The number of nitrogens with zero attached hydrogens (tertiary/aromatic N) is 4. The summed E-state index contributed by atoms with van der Waals surface area (Å²) in [6.45, 7) is 1.39. The molecule has 0 saturated carbocycles. The van der Waals surface area contributed by atoms with Gasteiger partial charge in [-0.15, -0.1) is 0 Å². The number of benzene rings is 2. The molecule has 4 aromatic rings. The molecule has 1 fully saturated rings. The number of carbonyl (C=O) groups is 1. The largest absolute Gasteiger partial charge is 0.439 e. The first-order chi connectivity index (χ1) is 19.0. The number of amides is 1. The molecule has 2 aromatic heterocycles. The molecule has 3 heterocycles. The van der Waals surface area contributed by atoms with E-state index in [0.29, 0.717) is 35.3 Å². The molecular formula is C26H25F3N6O4S. The van der Waals surface area contributed by atoms with Crippen LogP contribution in [0.5, 0.6) is 11.6 Å². The number of alkyl halides is 3. The molecule has 1 saturated heterocycles. The first-order valence-corrected chi connectivity index (χ1v) is 14.1. The molecule has 5 rings (SSSR count). The van der Waals surface area contributed by atoms with Crippen LogP contribution in [0.2, 0.25) is 0 Å². The van der Waals surface area contributed by atoms with Crippen LogP contribution in [0, 0.1) is 0 Å². The van der Waals surface area contributed by atoms with Crippen molar-refractivity contribution in [2.24, 2.45) is 0 Å². The minimum absolute atomic E-state index is 0.0137. The second-order valence-corrected chi connectivity index (χ2v) is 11.3. The Balaban J connectivity index is 1.30. The van der Waals surface area contributed by atoms with E-state index in [1.54, 1.807) is 30.3 Å². The molecule has 2 N–H and O–H groups in total. The minimum Gasteiger partial charge on any atom is -0.439 e. The summed E-state index contributed by atoms with van der Waals surface area (Å²) < 4.78 is 72.3. The Morgan fingerprint density at radius 2 is 2.00 bits per heavy atom. The number of hydrogen-bond donors (Lipinski definition) is 2. The lowest BCUT2D eigenvalue weighted by Gasteiger charge is -2.25. The van der Waals surface area contributed by atoms with Crippen molar-refractivity contribution in [2.45, 2.75) is 25.2 Å². The fourth-order valence-electron chi connectivity index (χ4n) is 4.52. The van der Waals surface area contributed by atoms with Gasteiger partial charge in [-0.2, -0.15) is 17.5 Å². The standard InChI is InChI=1S/C26H25F3N6O4S/c1-40(37,38)35(21-7-9-30-14-21)15-20-13-24(32-16-31-20)39-22-5-6-23-17(11-22)8-10-34(23)25(36)33-19-4-2-3-18(12-19)26(27,28)29/h2-6,8,10-13,16,21,30H,7,9,14-15H2,1H3,(H,33,36). The average molecular weight is 575 g/mol. The number of halogens is 3. The fourth-order valence-corrected chi connectivity index (χ4v) is 5.61. The Kier molecular flexibility index (Phi) is 7.49. The minimum atomic E-state index is -4.53. The summed E-state index contributed by atoms with van der Waals surface area (Å²) in [5.41, 5.74) is 0.131. The normalized spacial score (nSPS) is 16.0. The van der Waals surface area contributed by atoms with Crippen LogP contribution in [0.1, 0.15) is 17.7 Å². The lowest BCUT2D eigenvalue weighted by Crippen LogP contribution is -2.40. The molecule has 14 heteroatoms. The van der Waals surface area contributed by atoms with Crippen LogP contribution in [0.15, 0.2) is 67.1 Å². The highest BCUT2D eigenvalue weighted by molar-refractivity contribution is 7.88. The number of carbonyl (C=O) groups excluding carboxylic acids is 1. The van der Waals surface area contributed by atoms with Crippen molar-refractivity contribution in [3.8, 4) is 11.6 Å². The molecule has 0 radical (unpaired) electrons. The van der Waals surface area contributed by atoms with Crippen LogP contribution in [-0.2, 0) is 22.7 Å². The molecular weight excluding hydrogens is 549 g/mol. The summed E-state index contributed by atoms with van der Waals surface area (Å²) in [5.74, 6) is 0.622. The molecule has 40 heavy (non-hydrogen) atoms. The molecule has 1 unspecified atom stereocenters. The Labute approximate surface area is 227 Å². The van der Waals surface area contributed by atoms with Crippen LogP contribution < -0.4 is 15.4 Å². The monoisotopic (exact) mass is 574 g/mol. The molecule has 1 aliphatic rings. The third kappa shape index (κ3) is 6.24. The van der Waals surface area contributed by atoms with Gasteiger partial charge in [-0.3, -0.25) is 4.57 Å². The first-order valence-electron chi connectivity index (χ1n) is 12.2. The third-order valence-electron chi connectivity index (χ3n) is 6.43. The zero-order valence-electron chi connectivity index (χ0n) is 21.2. The number of nitrogens with one attached hydrogen (secondary N) is 2. The molecule has 10 nitrogen and oxygen atoms in total. The van der Waals surface area contributed by atoms with E-state index in [1.165, 1.54) is 39.8 Å². The van der Waals surface area contributed by atoms with Crippen molar-refractivity contribution in [3.63, 3.8) is 0 Å². The van der Waals surface area contributed by atoms with E-state index in [4.69, 9.17) is 4.74 Å². The lowest BCUT2D eigenvalue weighted by molar-refractivity contribution is -0.137. The van der Waals surface area contributed by atoms with E-state index >= 15 is 0 Å². The van der Waals surface area contributed by atoms with Crippen molar-refractivity contribution in [2.75, 3.05) is 24.7 Å². The molecule has 210 valence electrons. The molecule has 0 bridgehead atoms. The molecule has 1 amide bonds. The summed E-state index contributed by atoms with van der Waals surface area (Å²) in [4.78, 5) is 21.1. The average Bonchev–Trinajstić information content (AvgIpc) is 3.57. The summed E-state index contributed by atoms with van der Waals surface area (Å²) in [6.07, 6.45) is 0.148. The first kappa shape index (κ1) is 27.6. The quantitative estimate of drug-likeness (QED) is 0.335. The number of anilines is 1. The Morgan fingerprint density at radius 3 is 2.73 bits per heavy atom. The summed E-state index contributed by atoms with van der Waals surface area (Å²) in [6, 6.07) is 11.8. The van der Waals surface area contributed by atoms with Gasteiger partial charge in [0.1, 0.15) is 12.1 Å². The number of sulfonamides is 1. The molecule has 2 aromatic carbocycles. The number of rotatable bonds is 7. The van der Waals surface area contributed by atoms with Crippen molar-refractivity contribution in [1.29, 1.82) is 0 Å². The van der Waals surface area contributed by atoms with Crippen molar-refractivity contribution in [1.82, 2.24) is 24.2 Å². The lowest BCUT2D eigenvalue weighted by atomic mass is 10.2. The van der Waals surface area contributed by atoms with Gasteiger partial charge in [0, 0.05) is 35.9 Å². The van der Waals surface area contributed by atoms with Gasteiger partial charge in [0.2, 0.25) is 15.9 Å². The highest BCUT2D eigenvalue weighted by Gasteiger charge is 2.31. The van der Waals surface area contributed by atoms with Gasteiger partial charge in [-0.1, -0.05) is 6.07 Å². The van der Waals surface area contributed by atoms with Gasteiger partial charge in [0.25, 0.3) is 0 Å². The Morgan fingerprint density at radius 1 is 1.18 bits per heavy atom. The Bertz CT molecular complexity index is 1650. The van der Waals surface area contributed by atoms with Gasteiger partial charge in [-0.25, -0.2) is 23.2 Å². The van der Waals surface area contributed by atoms with E-state index in [0.717, 1.165) is 18.7 Å². The van der Waals surface area contributed by atoms with Crippen molar-refractivity contribution >= 4 is 32.6 Å². The molecule has 0 aliphatic carbocycles. The second kappa shape index (κ2) is 10.9. The smallest absolute Gasteiger partial charge is 0.416 e. The van der Waals surface area contributed by atoms with Crippen LogP contribution >= 0.6 is 0 Å². The van der Waals surface area contributed by atoms with E-state index in [-0.39, 0.29) is 24.2 Å². The number of aromatic nitrogens is 3. The summed E-state index contributed by atoms with van der Waals surface area (Å²) >= 11 is 0. The molecule has 0 spiro atoms. The van der Waals surface area contributed by atoms with Crippen molar-refractivity contribution in [3.05, 3.63) is 78.4 Å². The SMILES string of the molecule is CS(=O)(=O)N(Cc1cc(Oc2ccc3c(ccn3C(=O)Nc3cccc(C(F)(F)F)c3)c2)ncn1)C1CCNC1. The van der Waals surface area contributed by atoms with E-state index in [9.17, 15) is 26.4 Å². The third-order valence-corrected chi connectivity index (χ3v) is 7.71. The van der Waals surface area contributed by atoms with Crippen LogP contribution in [0.25, 0.3) is 10.9 Å². The maximum atomic E-state index is 13.0. The van der Waals surface area contributed by atoms with Gasteiger partial charge in [-0.05, 0) is 55.4 Å². The Hall–Kier alpha value is -4.01. The highest BCUT2D eigenvalue weighted by Crippen LogP contribution is 2.31. The van der Waals surface area contributed by atoms with Crippen LogP contribution in [0.3, 0.4) is 0 Å². The molecule has 1 aliphatic heterocycles. The number of fused-ring (bicyclic) bond motifs is 1. The van der Waals surface area contributed by atoms with Gasteiger partial charge in [0.15, 0.2) is 0 Å². The summed E-state index contributed by atoms with van der Waals surface area (Å²) in [7, 11) is -3.47.